The number of carbonyl (C=O) groups excluding carboxylic acids is 1. The summed E-state index contributed by atoms with van der Waals surface area (Å²) in [5, 5.41) is 3.60. The number of ether oxygens (including phenoxy) is 1. The Balaban J connectivity index is 1.58. The Morgan fingerprint density at radius 2 is 1.75 bits per heavy atom. The Bertz CT molecular complexity index is 962. The molecular weight excluding hydrogens is 346 g/mol. The van der Waals surface area contributed by atoms with Crippen LogP contribution in [0.2, 0.25) is 0 Å². The molecule has 0 heterocycles. The summed E-state index contributed by atoms with van der Waals surface area (Å²) in [4.78, 5) is 11.7. The molecule has 28 heavy (non-hydrogen) atoms. The average molecular weight is 371 g/mol. The van der Waals surface area contributed by atoms with Gasteiger partial charge in [-0.2, -0.15) is 0 Å². The first kappa shape index (κ1) is 18.3. The number of benzene rings is 3. The van der Waals surface area contributed by atoms with Gasteiger partial charge in [0.1, 0.15) is 0 Å². The molecule has 4 rings (SSSR count). The standard InChI is InChI=1S/C25H25NO2/c1-2-28-25(27)15-18-11-13-22(14-12-18)26-24-17-21(19-7-4-3-5-8-19)16-20-9-6-10-23(20)24/h3-5,7-8,11-14,16-17,26H,2,6,9-10,15H2,1H3. The van der Waals surface area contributed by atoms with Crippen LogP contribution in [0.5, 0.6) is 0 Å². The molecule has 0 saturated carbocycles. The fourth-order valence-electron chi connectivity index (χ4n) is 3.85. The molecule has 0 aliphatic heterocycles. The zero-order chi connectivity index (χ0) is 19.3. The van der Waals surface area contributed by atoms with Crippen molar-refractivity contribution in [1.82, 2.24) is 0 Å². The topological polar surface area (TPSA) is 38.3 Å². The quantitative estimate of drug-likeness (QED) is 0.566. The van der Waals surface area contributed by atoms with Crippen LogP contribution >= 0.6 is 0 Å². The van der Waals surface area contributed by atoms with E-state index in [2.05, 4.69) is 41.7 Å². The van der Waals surface area contributed by atoms with Crippen molar-refractivity contribution >= 4 is 17.3 Å². The highest BCUT2D eigenvalue weighted by molar-refractivity contribution is 5.76. The van der Waals surface area contributed by atoms with Gasteiger partial charge in [-0.3, -0.25) is 4.79 Å². The van der Waals surface area contributed by atoms with E-state index in [0.717, 1.165) is 24.1 Å². The lowest BCUT2D eigenvalue weighted by Crippen LogP contribution is -2.07. The van der Waals surface area contributed by atoms with Crippen molar-refractivity contribution in [2.24, 2.45) is 0 Å². The van der Waals surface area contributed by atoms with Crippen molar-refractivity contribution < 1.29 is 9.53 Å². The van der Waals surface area contributed by atoms with Gasteiger partial charge in [0, 0.05) is 11.4 Å². The normalized spacial score (nSPS) is 12.5. The number of esters is 1. The van der Waals surface area contributed by atoms with Crippen LogP contribution in [-0.2, 0) is 28.8 Å². The molecule has 142 valence electrons. The van der Waals surface area contributed by atoms with Crippen molar-refractivity contribution in [3.05, 3.63) is 83.4 Å². The fraction of sp³-hybridized carbons (Fsp3) is 0.240. The monoisotopic (exact) mass is 371 g/mol. The van der Waals surface area contributed by atoms with Gasteiger partial charge in [0.05, 0.1) is 13.0 Å². The molecule has 0 amide bonds. The molecule has 3 heteroatoms. The van der Waals surface area contributed by atoms with Crippen molar-refractivity contribution in [1.29, 1.82) is 0 Å². The molecule has 0 bridgehead atoms. The zero-order valence-corrected chi connectivity index (χ0v) is 16.2. The SMILES string of the molecule is CCOC(=O)Cc1ccc(Nc2cc(-c3ccccc3)cc3c2CCC3)cc1. The number of hydrogen-bond donors (Lipinski definition) is 1. The molecular formula is C25H25NO2. The molecule has 0 atom stereocenters. The first-order valence-electron chi connectivity index (χ1n) is 9.95. The van der Waals surface area contributed by atoms with E-state index in [1.165, 1.54) is 34.4 Å². The summed E-state index contributed by atoms with van der Waals surface area (Å²) in [5.74, 6) is -0.184. The predicted octanol–water partition coefficient (Wildman–Crippen LogP) is 5.69. The second kappa shape index (κ2) is 8.30. The average Bonchev–Trinajstić information content (AvgIpc) is 3.19. The maximum atomic E-state index is 11.7. The van der Waals surface area contributed by atoms with Crippen molar-refractivity contribution in [3.8, 4) is 11.1 Å². The van der Waals surface area contributed by atoms with E-state index >= 15 is 0 Å². The van der Waals surface area contributed by atoms with E-state index in [1.807, 2.05) is 37.3 Å². The summed E-state index contributed by atoms with van der Waals surface area (Å²) >= 11 is 0. The van der Waals surface area contributed by atoms with Gasteiger partial charge in [-0.25, -0.2) is 0 Å². The molecule has 0 spiro atoms. The van der Waals surface area contributed by atoms with Crippen LogP contribution in [0.4, 0.5) is 11.4 Å². The molecule has 0 saturated heterocycles. The van der Waals surface area contributed by atoms with E-state index in [0.29, 0.717) is 13.0 Å². The summed E-state index contributed by atoms with van der Waals surface area (Å²) < 4.78 is 5.02. The lowest BCUT2D eigenvalue weighted by atomic mass is 9.98. The maximum absolute atomic E-state index is 11.7. The third kappa shape index (κ3) is 4.09. The van der Waals surface area contributed by atoms with E-state index in [1.54, 1.807) is 0 Å². The summed E-state index contributed by atoms with van der Waals surface area (Å²) in [5.41, 5.74) is 8.55. The van der Waals surface area contributed by atoms with Gasteiger partial charge in [-0.15, -0.1) is 0 Å². The molecule has 1 aliphatic rings. The van der Waals surface area contributed by atoms with Crippen LogP contribution in [0.1, 0.15) is 30.0 Å². The minimum Gasteiger partial charge on any atom is -0.466 e. The Kier molecular flexibility index (Phi) is 5.43. The van der Waals surface area contributed by atoms with Gasteiger partial charge < -0.3 is 10.1 Å². The third-order valence-electron chi connectivity index (χ3n) is 5.21. The molecule has 0 fully saturated rings. The minimum atomic E-state index is -0.184. The molecule has 1 aliphatic carbocycles. The third-order valence-corrected chi connectivity index (χ3v) is 5.21. The maximum Gasteiger partial charge on any atom is 0.310 e. The van der Waals surface area contributed by atoms with Crippen LogP contribution in [-0.4, -0.2) is 12.6 Å². The molecule has 0 aromatic heterocycles. The second-order valence-electron chi connectivity index (χ2n) is 7.18. The highest BCUT2D eigenvalue weighted by Crippen LogP contribution is 2.35. The summed E-state index contributed by atoms with van der Waals surface area (Å²) in [6.07, 6.45) is 3.78. The largest absolute Gasteiger partial charge is 0.466 e. The molecule has 3 nitrogen and oxygen atoms in total. The number of nitrogens with one attached hydrogen (secondary N) is 1. The number of aryl methyl sites for hydroxylation is 1. The van der Waals surface area contributed by atoms with Crippen LogP contribution in [0.3, 0.4) is 0 Å². The fourth-order valence-corrected chi connectivity index (χ4v) is 3.85. The highest BCUT2D eigenvalue weighted by Gasteiger charge is 2.17. The Morgan fingerprint density at radius 3 is 2.50 bits per heavy atom. The first-order chi connectivity index (χ1) is 13.7. The predicted molar refractivity (Wildman–Crippen MR) is 114 cm³/mol. The Hall–Kier alpha value is -3.07. The van der Waals surface area contributed by atoms with Crippen LogP contribution in [0.15, 0.2) is 66.7 Å². The first-order valence-corrected chi connectivity index (χ1v) is 9.95. The highest BCUT2D eigenvalue weighted by atomic mass is 16.5. The molecule has 1 N–H and O–H groups in total. The number of rotatable bonds is 6. The van der Waals surface area contributed by atoms with Crippen molar-refractivity contribution in [2.45, 2.75) is 32.6 Å². The lowest BCUT2D eigenvalue weighted by molar-refractivity contribution is -0.142. The van der Waals surface area contributed by atoms with E-state index in [9.17, 15) is 4.79 Å². The van der Waals surface area contributed by atoms with Gasteiger partial charge in [-0.05, 0) is 72.2 Å². The minimum absolute atomic E-state index is 0.184. The molecule has 0 radical (unpaired) electrons. The molecule has 3 aromatic rings. The summed E-state index contributed by atoms with van der Waals surface area (Å²) in [7, 11) is 0. The van der Waals surface area contributed by atoms with Crippen LogP contribution < -0.4 is 5.32 Å². The number of fused-ring (bicyclic) bond motifs is 1. The number of hydrogen-bond acceptors (Lipinski definition) is 3. The van der Waals surface area contributed by atoms with E-state index in [-0.39, 0.29) is 5.97 Å². The Labute approximate surface area is 166 Å². The van der Waals surface area contributed by atoms with Crippen molar-refractivity contribution in [2.75, 3.05) is 11.9 Å². The molecule has 3 aromatic carbocycles. The van der Waals surface area contributed by atoms with Gasteiger partial charge in [0.15, 0.2) is 0 Å². The van der Waals surface area contributed by atoms with Crippen LogP contribution in [0, 0.1) is 0 Å². The molecule has 0 unspecified atom stereocenters. The van der Waals surface area contributed by atoms with E-state index < -0.39 is 0 Å². The smallest absolute Gasteiger partial charge is 0.310 e. The van der Waals surface area contributed by atoms with Gasteiger partial charge in [0.25, 0.3) is 0 Å². The summed E-state index contributed by atoms with van der Waals surface area (Å²) in [6, 6.07) is 23.2. The second-order valence-corrected chi connectivity index (χ2v) is 7.18. The number of carbonyl (C=O) groups is 1. The van der Waals surface area contributed by atoms with Crippen LogP contribution in [0.25, 0.3) is 11.1 Å². The zero-order valence-electron chi connectivity index (χ0n) is 16.2. The van der Waals surface area contributed by atoms with Gasteiger partial charge in [-0.1, -0.05) is 48.5 Å². The Morgan fingerprint density at radius 1 is 0.964 bits per heavy atom. The van der Waals surface area contributed by atoms with Gasteiger partial charge >= 0.3 is 5.97 Å². The number of anilines is 2. The van der Waals surface area contributed by atoms with Gasteiger partial charge in [0.2, 0.25) is 0 Å². The summed E-state index contributed by atoms with van der Waals surface area (Å²) in [6.45, 7) is 2.24. The lowest BCUT2D eigenvalue weighted by Gasteiger charge is -2.15. The van der Waals surface area contributed by atoms with Crippen molar-refractivity contribution in [3.63, 3.8) is 0 Å². The van der Waals surface area contributed by atoms with E-state index in [4.69, 9.17) is 4.74 Å².